The third-order valence-electron chi connectivity index (χ3n) is 4.59. The van der Waals surface area contributed by atoms with Gasteiger partial charge in [0.1, 0.15) is 0 Å². The molecule has 1 aliphatic carbocycles. The summed E-state index contributed by atoms with van der Waals surface area (Å²) in [5.41, 5.74) is 2.75. The largest absolute Gasteiger partial charge is 0.461 e. The molecule has 2 heterocycles. The van der Waals surface area contributed by atoms with Crippen LogP contribution in [0.2, 0.25) is 0 Å². The molecule has 0 radical (unpaired) electrons. The predicted molar refractivity (Wildman–Crippen MR) is 107 cm³/mol. The number of nitrogens with one attached hydrogen (secondary N) is 1. The summed E-state index contributed by atoms with van der Waals surface area (Å²) in [6.07, 6.45) is 2.19. The number of benzene rings is 1. The van der Waals surface area contributed by atoms with Crippen LogP contribution in [0.15, 0.2) is 47.8 Å². The number of esters is 1. The van der Waals surface area contributed by atoms with Gasteiger partial charge in [-0.1, -0.05) is 6.07 Å². The van der Waals surface area contributed by atoms with E-state index in [1.165, 1.54) is 0 Å². The highest BCUT2D eigenvalue weighted by Gasteiger charge is 2.30. The summed E-state index contributed by atoms with van der Waals surface area (Å²) < 4.78 is 6.86. The van der Waals surface area contributed by atoms with Crippen LogP contribution in [0.3, 0.4) is 0 Å². The molecule has 1 saturated carbocycles. The van der Waals surface area contributed by atoms with Crippen LogP contribution < -0.4 is 5.32 Å². The lowest BCUT2D eigenvalue weighted by molar-refractivity contribution is 0.0519. The van der Waals surface area contributed by atoms with Crippen LogP contribution in [0.1, 0.15) is 57.1 Å². The fourth-order valence-electron chi connectivity index (χ4n) is 3.01. The smallest absolute Gasteiger partial charge is 0.358 e. The highest BCUT2D eigenvalue weighted by molar-refractivity contribution is 7.09. The number of hydrogen-bond donors (Lipinski definition) is 1. The zero-order chi connectivity index (χ0) is 19.5. The Kier molecular flexibility index (Phi) is 5.25. The number of nitrogens with zero attached hydrogens (tertiary/aromatic N) is 2. The number of rotatable bonds is 7. The van der Waals surface area contributed by atoms with Crippen molar-refractivity contribution in [2.24, 2.45) is 0 Å². The van der Waals surface area contributed by atoms with E-state index in [1.54, 1.807) is 35.1 Å². The molecule has 2 aromatic heterocycles. The van der Waals surface area contributed by atoms with Gasteiger partial charge in [-0.15, -0.1) is 11.3 Å². The van der Waals surface area contributed by atoms with E-state index >= 15 is 0 Å². The second-order valence-electron chi connectivity index (χ2n) is 6.67. The Labute approximate surface area is 167 Å². The molecule has 0 spiro atoms. The van der Waals surface area contributed by atoms with Crippen LogP contribution in [0.5, 0.6) is 0 Å². The second-order valence-corrected chi connectivity index (χ2v) is 7.70. The van der Waals surface area contributed by atoms with E-state index in [9.17, 15) is 9.59 Å². The maximum atomic E-state index is 12.3. The van der Waals surface area contributed by atoms with Crippen LogP contribution in [0.4, 0.5) is 0 Å². The van der Waals surface area contributed by atoms with Crippen LogP contribution in [-0.2, 0) is 11.3 Å². The molecule has 0 saturated heterocycles. The van der Waals surface area contributed by atoms with Gasteiger partial charge >= 0.3 is 5.97 Å². The Morgan fingerprint density at radius 2 is 2.04 bits per heavy atom. The maximum absolute atomic E-state index is 12.3. The van der Waals surface area contributed by atoms with E-state index in [0.29, 0.717) is 30.3 Å². The Hall–Kier alpha value is -2.93. The molecule has 1 N–H and O–H groups in total. The number of amides is 1. The number of thiophene rings is 1. The normalized spacial score (nSPS) is 13.3. The number of carbonyl (C=O) groups is 2. The van der Waals surface area contributed by atoms with Gasteiger partial charge < -0.3 is 10.1 Å². The topological polar surface area (TPSA) is 73.2 Å². The summed E-state index contributed by atoms with van der Waals surface area (Å²) in [4.78, 5) is 25.5. The zero-order valence-corrected chi connectivity index (χ0v) is 16.4. The molecule has 1 fully saturated rings. The lowest BCUT2D eigenvalue weighted by atomic mass is 10.2. The van der Waals surface area contributed by atoms with Crippen LogP contribution in [0, 0.1) is 0 Å². The van der Waals surface area contributed by atoms with E-state index in [1.807, 2.05) is 35.7 Å². The summed E-state index contributed by atoms with van der Waals surface area (Å²) in [7, 11) is 0. The van der Waals surface area contributed by atoms with Gasteiger partial charge in [0.05, 0.1) is 18.8 Å². The number of ether oxygens (including phenoxy) is 1. The molecule has 1 aliphatic rings. The average Bonchev–Trinajstić information content (AvgIpc) is 3.24. The predicted octanol–water partition coefficient (Wildman–Crippen LogP) is 3.92. The van der Waals surface area contributed by atoms with Crippen molar-refractivity contribution in [1.29, 1.82) is 0 Å². The zero-order valence-electron chi connectivity index (χ0n) is 15.6. The molecule has 0 atom stereocenters. The molecule has 1 aromatic carbocycles. The fraction of sp³-hybridized carbons (Fsp3) is 0.286. The van der Waals surface area contributed by atoms with E-state index in [0.717, 1.165) is 29.1 Å². The summed E-state index contributed by atoms with van der Waals surface area (Å²) in [6, 6.07) is 13.0. The Balaban J connectivity index is 1.51. The first kappa shape index (κ1) is 18.4. The molecule has 3 aromatic rings. The van der Waals surface area contributed by atoms with E-state index < -0.39 is 5.97 Å². The standard InChI is InChI=1S/C21H21N3O3S/c1-2-27-21(26)18-12-19(14-5-6-14)24(23-18)16-9-7-15(8-10-16)20(25)22-13-17-4-3-11-28-17/h3-4,7-12,14H,2,5-6,13H2,1H3,(H,22,25). The number of hydrogen-bond acceptors (Lipinski definition) is 5. The van der Waals surface area contributed by atoms with Gasteiger partial charge in [0.2, 0.25) is 0 Å². The minimum Gasteiger partial charge on any atom is -0.461 e. The summed E-state index contributed by atoms with van der Waals surface area (Å²) in [5.74, 6) is -0.104. The average molecular weight is 395 g/mol. The van der Waals surface area contributed by atoms with Crippen molar-refractivity contribution in [2.45, 2.75) is 32.2 Å². The van der Waals surface area contributed by atoms with Gasteiger partial charge in [0.15, 0.2) is 5.69 Å². The molecule has 144 valence electrons. The van der Waals surface area contributed by atoms with Crippen molar-refractivity contribution < 1.29 is 14.3 Å². The Bertz CT molecular complexity index is 973. The highest BCUT2D eigenvalue weighted by atomic mass is 32.1. The summed E-state index contributed by atoms with van der Waals surface area (Å²) in [6.45, 7) is 2.62. The Morgan fingerprint density at radius 1 is 1.25 bits per heavy atom. The van der Waals surface area contributed by atoms with Gasteiger partial charge in [-0.05, 0) is 61.5 Å². The molecule has 0 aliphatic heterocycles. The third-order valence-corrected chi connectivity index (χ3v) is 5.47. The van der Waals surface area contributed by atoms with Crippen molar-refractivity contribution in [3.63, 3.8) is 0 Å². The lowest BCUT2D eigenvalue weighted by Crippen LogP contribution is -2.22. The quantitative estimate of drug-likeness (QED) is 0.616. The molecular formula is C21H21N3O3S. The van der Waals surface area contributed by atoms with E-state index in [-0.39, 0.29) is 5.91 Å². The minimum atomic E-state index is -0.410. The molecule has 0 unspecified atom stereocenters. The first-order chi connectivity index (χ1) is 13.7. The van der Waals surface area contributed by atoms with Crippen molar-refractivity contribution in [1.82, 2.24) is 15.1 Å². The molecule has 6 nitrogen and oxygen atoms in total. The number of aromatic nitrogens is 2. The number of carbonyl (C=O) groups excluding carboxylic acids is 2. The van der Waals surface area contributed by atoms with Crippen molar-refractivity contribution in [3.05, 3.63) is 69.7 Å². The van der Waals surface area contributed by atoms with Gasteiger partial charge in [-0.3, -0.25) is 4.79 Å². The highest BCUT2D eigenvalue weighted by Crippen LogP contribution is 2.41. The monoisotopic (exact) mass is 395 g/mol. The van der Waals surface area contributed by atoms with E-state index in [4.69, 9.17) is 4.74 Å². The first-order valence-corrected chi connectivity index (χ1v) is 10.2. The molecule has 28 heavy (non-hydrogen) atoms. The SMILES string of the molecule is CCOC(=O)c1cc(C2CC2)n(-c2ccc(C(=O)NCc3cccs3)cc2)n1. The van der Waals surface area contributed by atoms with Crippen molar-refractivity contribution in [3.8, 4) is 5.69 Å². The summed E-state index contributed by atoms with van der Waals surface area (Å²) >= 11 is 1.61. The maximum Gasteiger partial charge on any atom is 0.358 e. The third kappa shape index (κ3) is 3.99. The van der Waals surface area contributed by atoms with Gasteiger partial charge in [0.25, 0.3) is 5.91 Å². The molecule has 0 bridgehead atoms. The van der Waals surface area contributed by atoms with Gasteiger partial charge in [0, 0.05) is 22.1 Å². The molecule has 7 heteroatoms. The molecule has 1 amide bonds. The van der Waals surface area contributed by atoms with Gasteiger partial charge in [-0.2, -0.15) is 5.10 Å². The molecule has 4 rings (SSSR count). The van der Waals surface area contributed by atoms with Crippen molar-refractivity contribution in [2.75, 3.05) is 6.61 Å². The molecular weight excluding hydrogens is 374 g/mol. The lowest BCUT2D eigenvalue weighted by Gasteiger charge is -2.08. The van der Waals surface area contributed by atoms with Crippen LogP contribution >= 0.6 is 11.3 Å². The Morgan fingerprint density at radius 3 is 2.68 bits per heavy atom. The second kappa shape index (κ2) is 7.98. The summed E-state index contributed by atoms with van der Waals surface area (Å²) in [5, 5.41) is 9.36. The van der Waals surface area contributed by atoms with Crippen LogP contribution in [0.25, 0.3) is 5.69 Å². The van der Waals surface area contributed by atoms with Gasteiger partial charge in [-0.25, -0.2) is 9.48 Å². The first-order valence-electron chi connectivity index (χ1n) is 9.34. The van der Waals surface area contributed by atoms with Crippen LogP contribution in [-0.4, -0.2) is 28.3 Å². The van der Waals surface area contributed by atoms with E-state index in [2.05, 4.69) is 10.4 Å². The fourth-order valence-corrected chi connectivity index (χ4v) is 3.66. The minimum absolute atomic E-state index is 0.116. The van der Waals surface area contributed by atoms with Crippen molar-refractivity contribution >= 4 is 23.2 Å².